The molecule has 2 aromatic heterocycles. The number of hydrogen-bond donors (Lipinski definition) is 1. The molecule has 0 saturated carbocycles. The van der Waals surface area contributed by atoms with Crippen molar-refractivity contribution in [3.63, 3.8) is 0 Å². The fourth-order valence-corrected chi connectivity index (χ4v) is 3.21. The number of thiazole rings is 1. The highest BCUT2D eigenvalue weighted by Crippen LogP contribution is 2.31. The molecule has 2 heterocycles. The molecule has 108 valence electrons. The van der Waals surface area contributed by atoms with Crippen LogP contribution in [0.4, 0.5) is 0 Å². The van der Waals surface area contributed by atoms with Gasteiger partial charge in [-0.1, -0.05) is 32.4 Å². The summed E-state index contributed by atoms with van der Waals surface area (Å²) in [6.07, 6.45) is 2.81. The number of rotatable bonds is 6. The Morgan fingerprint density at radius 2 is 2.15 bits per heavy atom. The van der Waals surface area contributed by atoms with E-state index in [1.54, 1.807) is 17.5 Å². The number of nitrogens with one attached hydrogen (secondary N) is 1. The van der Waals surface area contributed by atoms with E-state index in [9.17, 15) is 0 Å². The average molecular weight is 310 g/mol. The molecule has 5 heteroatoms. The number of halogens is 1. The van der Waals surface area contributed by atoms with E-state index in [0.29, 0.717) is 10.9 Å². The lowest BCUT2D eigenvalue weighted by atomic mass is 10.1. The molecule has 0 radical (unpaired) electrons. The normalized spacial score (nSPS) is 11.2. The van der Waals surface area contributed by atoms with Crippen LogP contribution in [0.3, 0.4) is 0 Å². The van der Waals surface area contributed by atoms with Gasteiger partial charge >= 0.3 is 0 Å². The molecule has 0 unspecified atom stereocenters. The molecule has 0 aliphatic carbocycles. The summed E-state index contributed by atoms with van der Waals surface area (Å²) in [6, 6.07) is 3.78. The molecular weight excluding hydrogens is 290 g/mol. The van der Waals surface area contributed by atoms with Crippen LogP contribution in [0, 0.1) is 0 Å². The first-order valence-electron chi connectivity index (χ1n) is 6.94. The van der Waals surface area contributed by atoms with Gasteiger partial charge in [-0.3, -0.25) is 4.98 Å². The molecule has 0 saturated heterocycles. The predicted molar refractivity (Wildman–Crippen MR) is 86.4 cm³/mol. The summed E-state index contributed by atoms with van der Waals surface area (Å²) in [6.45, 7) is 8.44. The van der Waals surface area contributed by atoms with Crippen molar-refractivity contribution in [2.75, 3.05) is 6.54 Å². The fourth-order valence-electron chi connectivity index (χ4n) is 1.93. The molecule has 0 fully saturated rings. The van der Waals surface area contributed by atoms with E-state index in [1.807, 2.05) is 12.1 Å². The summed E-state index contributed by atoms with van der Waals surface area (Å²) in [5.41, 5.74) is 2.06. The van der Waals surface area contributed by atoms with E-state index >= 15 is 0 Å². The zero-order chi connectivity index (χ0) is 14.5. The SMILES string of the molecule is CCCNCc1sc(-c2ccc(Cl)cn2)nc1C(C)C. The highest BCUT2D eigenvalue weighted by molar-refractivity contribution is 7.15. The Morgan fingerprint density at radius 3 is 2.75 bits per heavy atom. The summed E-state index contributed by atoms with van der Waals surface area (Å²) in [7, 11) is 0. The summed E-state index contributed by atoms with van der Waals surface area (Å²) < 4.78 is 0. The second kappa shape index (κ2) is 7.16. The number of pyridine rings is 1. The molecule has 0 bridgehead atoms. The average Bonchev–Trinajstić information content (AvgIpc) is 2.84. The highest BCUT2D eigenvalue weighted by Gasteiger charge is 2.15. The number of nitrogens with zero attached hydrogens (tertiary/aromatic N) is 2. The fraction of sp³-hybridized carbons (Fsp3) is 0.467. The van der Waals surface area contributed by atoms with Crippen LogP contribution in [0.1, 0.15) is 43.7 Å². The van der Waals surface area contributed by atoms with Crippen molar-refractivity contribution in [1.29, 1.82) is 0 Å². The summed E-state index contributed by atoms with van der Waals surface area (Å²) >= 11 is 7.60. The summed E-state index contributed by atoms with van der Waals surface area (Å²) in [5.74, 6) is 0.422. The van der Waals surface area contributed by atoms with Gasteiger partial charge in [0.25, 0.3) is 0 Å². The Kier molecular flexibility index (Phi) is 5.52. The third kappa shape index (κ3) is 3.78. The van der Waals surface area contributed by atoms with E-state index in [1.165, 1.54) is 10.6 Å². The summed E-state index contributed by atoms with van der Waals surface area (Å²) in [4.78, 5) is 10.4. The van der Waals surface area contributed by atoms with Gasteiger partial charge in [0.1, 0.15) is 5.01 Å². The van der Waals surface area contributed by atoms with Crippen LogP contribution in [0.15, 0.2) is 18.3 Å². The van der Waals surface area contributed by atoms with E-state index in [4.69, 9.17) is 16.6 Å². The molecule has 0 aliphatic heterocycles. The Bertz CT molecular complexity index is 549. The Labute approximate surface area is 129 Å². The Hall–Kier alpha value is -0.970. The zero-order valence-corrected chi connectivity index (χ0v) is 13.7. The molecular formula is C15H20ClN3S. The zero-order valence-electron chi connectivity index (χ0n) is 12.1. The van der Waals surface area contributed by atoms with Gasteiger partial charge < -0.3 is 5.32 Å². The largest absolute Gasteiger partial charge is 0.312 e. The first kappa shape index (κ1) is 15.4. The standard InChI is InChI=1S/C15H20ClN3S/c1-4-7-17-9-13-14(10(2)3)19-15(20-13)12-6-5-11(16)8-18-12/h5-6,8,10,17H,4,7,9H2,1-3H3. The monoisotopic (exact) mass is 309 g/mol. The second-order valence-corrected chi connectivity index (χ2v) is 6.54. The van der Waals surface area contributed by atoms with Crippen LogP contribution in [-0.4, -0.2) is 16.5 Å². The molecule has 2 rings (SSSR count). The Balaban J connectivity index is 2.26. The first-order valence-corrected chi connectivity index (χ1v) is 8.13. The predicted octanol–water partition coefficient (Wildman–Crippen LogP) is 4.48. The minimum absolute atomic E-state index is 0.422. The molecule has 0 atom stereocenters. The van der Waals surface area contributed by atoms with Gasteiger partial charge in [0, 0.05) is 17.6 Å². The van der Waals surface area contributed by atoms with Gasteiger partial charge in [-0.2, -0.15) is 0 Å². The van der Waals surface area contributed by atoms with Crippen LogP contribution < -0.4 is 5.32 Å². The van der Waals surface area contributed by atoms with Crippen molar-refractivity contribution in [1.82, 2.24) is 15.3 Å². The van der Waals surface area contributed by atoms with Gasteiger partial charge in [-0.25, -0.2) is 4.98 Å². The van der Waals surface area contributed by atoms with Crippen molar-refractivity contribution in [3.05, 3.63) is 33.9 Å². The van der Waals surface area contributed by atoms with Crippen molar-refractivity contribution in [2.45, 2.75) is 39.7 Å². The molecule has 0 aliphatic rings. The lowest BCUT2D eigenvalue weighted by Crippen LogP contribution is -2.14. The van der Waals surface area contributed by atoms with Gasteiger partial charge in [0.05, 0.1) is 16.4 Å². The van der Waals surface area contributed by atoms with E-state index in [0.717, 1.165) is 30.2 Å². The molecule has 3 nitrogen and oxygen atoms in total. The van der Waals surface area contributed by atoms with Crippen molar-refractivity contribution >= 4 is 22.9 Å². The maximum Gasteiger partial charge on any atom is 0.142 e. The third-order valence-corrected chi connectivity index (χ3v) is 4.25. The molecule has 0 aromatic carbocycles. The highest BCUT2D eigenvalue weighted by atomic mass is 35.5. The number of hydrogen-bond acceptors (Lipinski definition) is 4. The van der Waals surface area contributed by atoms with Crippen molar-refractivity contribution in [2.24, 2.45) is 0 Å². The lowest BCUT2D eigenvalue weighted by molar-refractivity contribution is 0.670. The van der Waals surface area contributed by atoms with Crippen molar-refractivity contribution < 1.29 is 0 Å². The van der Waals surface area contributed by atoms with Crippen molar-refractivity contribution in [3.8, 4) is 10.7 Å². The second-order valence-electron chi connectivity index (χ2n) is 5.02. The van der Waals surface area contributed by atoms with E-state index in [2.05, 4.69) is 31.1 Å². The van der Waals surface area contributed by atoms with Crippen LogP contribution >= 0.6 is 22.9 Å². The maximum atomic E-state index is 5.88. The van der Waals surface area contributed by atoms with Gasteiger partial charge in [-0.05, 0) is 31.0 Å². The van der Waals surface area contributed by atoms with Gasteiger partial charge in [-0.15, -0.1) is 11.3 Å². The van der Waals surface area contributed by atoms with E-state index < -0.39 is 0 Å². The molecule has 2 aromatic rings. The third-order valence-electron chi connectivity index (χ3n) is 2.93. The van der Waals surface area contributed by atoms with Crippen LogP contribution in [0.25, 0.3) is 10.7 Å². The van der Waals surface area contributed by atoms with Crippen LogP contribution in [-0.2, 0) is 6.54 Å². The Morgan fingerprint density at radius 1 is 1.35 bits per heavy atom. The minimum atomic E-state index is 0.422. The lowest BCUT2D eigenvalue weighted by Gasteiger charge is -2.05. The number of aromatic nitrogens is 2. The van der Waals surface area contributed by atoms with Gasteiger partial charge in [0.2, 0.25) is 0 Å². The maximum absolute atomic E-state index is 5.88. The summed E-state index contributed by atoms with van der Waals surface area (Å²) in [5, 5.41) is 5.07. The molecule has 0 spiro atoms. The van der Waals surface area contributed by atoms with Gasteiger partial charge in [0.15, 0.2) is 0 Å². The smallest absolute Gasteiger partial charge is 0.142 e. The topological polar surface area (TPSA) is 37.8 Å². The molecule has 20 heavy (non-hydrogen) atoms. The van der Waals surface area contributed by atoms with Crippen LogP contribution in [0.5, 0.6) is 0 Å². The van der Waals surface area contributed by atoms with E-state index in [-0.39, 0.29) is 0 Å². The quantitative estimate of drug-likeness (QED) is 0.799. The molecule has 0 amide bonds. The first-order chi connectivity index (χ1) is 9.61. The molecule has 1 N–H and O–H groups in total. The van der Waals surface area contributed by atoms with Crippen LogP contribution in [0.2, 0.25) is 5.02 Å². The minimum Gasteiger partial charge on any atom is -0.312 e.